The van der Waals surface area contributed by atoms with Crippen LogP contribution in [-0.2, 0) is 30.4 Å². The summed E-state index contributed by atoms with van der Waals surface area (Å²) in [6, 6.07) is -5.20. The highest BCUT2D eigenvalue weighted by molar-refractivity contribution is 7.98. The van der Waals surface area contributed by atoms with Gasteiger partial charge in [0.05, 0.1) is 19.0 Å². The molecule has 0 aliphatic rings. The zero-order chi connectivity index (χ0) is 25.7. The molecule has 3 amide bonds. The van der Waals surface area contributed by atoms with Crippen LogP contribution in [0.5, 0.6) is 0 Å². The van der Waals surface area contributed by atoms with Gasteiger partial charge in [-0.05, 0) is 24.9 Å². The smallest absolute Gasteiger partial charge is 0.326 e. The number of carbonyl (C=O) groups is 5. The molecule has 0 aliphatic carbocycles. The first-order valence-electron chi connectivity index (χ1n) is 10.3. The number of carbonyl (C=O) groups excluding carboxylic acids is 3. The zero-order valence-corrected chi connectivity index (χ0v) is 19.3. The molecule has 1 aromatic heterocycles. The predicted octanol–water partition coefficient (Wildman–Crippen LogP) is -2.57. The summed E-state index contributed by atoms with van der Waals surface area (Å²) in [5, 5.41) is 34.6. The van der Waals surface area contributed by atoms with Crippen molar-refractivity contribution in [2.24, 2.45) is 5.73 Å². The number of hydrogen-bond acceptors (Lipinski definition) is 9. The Morgan fingerprint density at radius 2 is 1.65 bits per heavy atom. The lowest BCUT2D eigenvalue weighted by Crippen LogP contribution is -2.58. The molecule has 0 saturated carbocycles. The highest BCUT2D eigenvalue weighted by Crippen LogP contribution is 2.05. The van der Waals surface area contributed by atoms with Gasteiger partial charge in [0.25, 0.3) is 0 Å². The fourth-order valence-electron chi connectivity index (χ4n) is 2.77. The number of nitrogens with one attached hydrogen (secondary N) is 4. The predicted molar refractivity (Wildman–Crippen MR) is 121 cm³/mol. The first kappa shape index (κ1) is 28.9. The molecule has 0 saturated heterocycles. The molecular formula is C19H30N6O8S. The fourth-order valence-corrected chi connectivity index (χ4v) is 3.24. The summed E-state index contributed by atoms with van der Waals surface area (Å²) in [4.78, 5) is 66.5. The molecule has 190 valence electrons. The normalized spacial score (nSPS) is 14.3. The number of carboxylic acid groups (broad SMARTS) is 2. The monoisotopic (exact) mass is 502 g/mol. The average Bonchev–Trinajstić information content (AvgIpc) is 3.29. The summed E-state index contributed by atoms with van der Waals surface area (Å²) < 4.78 is 0. The maximum Gasteiger partial charge on any atom is 0.326 e. The molecule has 1 aromatic rings. The summed E-state index contributed by atoms with van der Waals surface area (Å²) in [5.74, 6) is -4.69. The lowest BCUT2D eigenvalue weighted by atomic mass is 10.1. The van der Waals surface area contributed by atoms with Crippen LogP contribution in [0.3, 0.4) is 0 Å². The maximum absolute atomic E-state index is 12.6. The van der Waals surface area contributed by atoms with Crippen molar-refractivity contribution >= 4 is 41.4 Å². The van der Waals surface area contributed by atoms with Crippen LogP contribution >= 0.6 is 11.8 Å². The molecule has 14 nitrogen and oxygen atoms in total. The lowest BCUT2D eigenvalue weighted by Gasteiger charge is -2.24. The van der Waals surface area contributed by atoms with Crippen molar-refractivity contribution in [1.29, 1.82) is 0 Å². The largest absolute Gasteiger partial charge is 0.481 e. The Balaban J connectivity index is 2.83. The number of carboxylic acids is 2. The van der Waals surface area contributed by atoms with Gasteiger partial charge in [0.1, 0.15) is 18.1 Å². The number of aliphatic hydroxyl groups is 1. The van der Waals surface area contributed by atoms with Crippen LogP contribution in [0.15, 0.2) is 12.5 Å². The Hall–Kier alpha value is -3.17. The summed E-state index contributed by atoms with van der Waals surface area (Å²) in [7, 11) is 0. The molecule has 1 rings (SSSR count). The number of H-pyrrole nitrogens is 1. The topological polar surface area (TPSA) is 237 Å². The first-order chi connectivity index (χ1) is 16.1. The number of imidazole rings is 1. The van der Waals surface area contributed by atoms with Gasteiger partial charge < -0.3 is 42.0 Å². The number of aromatic amines is 1. The average molecular weight is 503 g/mol. The highest BCUT2D eigenvalue weighted by Gasteiger charge is 2.30. The van der Waals surface area contributed by atoms with Crippen LogP contribution in [0.25, 0.3) is 0 Å². The summed E-state index contributed by atoms with van der Waals surface area (Å²) in [6.45, 7) is -0.826. The minimum Gasteiger partial charge on any atom is -0.481 e. The number of aromatic nitrogens is 2. The minimum absolute atomic E-state index is 0.0852. The molecule has 15 heteroatoms. The van der Waals surface area contributed by atoms with E-state index >= 15 is 0 Å². The summed E-state index contributed by atoms with van der Waals surface area (Å²) >= 11 is 1.38. The van der Waals surface area contributed by atoms with E-state index in [-0.39, 0.29) is 19.3 Å². The molecule has 0 bridgehead atoms. The van der Waals surface area contributed by atoms with Crippen LogP contribution in [0.2, 0.25) is 0 Å². The van der Waals surface area contributed by atoms with Crippen LogP contribution in [0, 0.1) is 0 Å². The van der Waals surface area contributed by atoms with Crippen molar-refractivity contribution in [2.75, 3.05) is 18.6 Å². The van der Waals surface area contributed by atoms with Crippen molar-refractivity contribution < 1.29 is 39.3 Å². The number of aliphatic hydroxyl groups excluding tert-OH is 1. The molecule has 4 atom stereocenters. The van der Waals surface area contributed by atoms with Gasteiger partial charge in [-0.2, -0.15) is 11.8 Å². The molecule has 0 aliphatic heterocycles. The standard InChI is InChI=1S/C19H30N6O8S/c1-34-5-4-13(19(32)33)24-17(30)12(2-3-15(27)28)23-18(31)14(8-26)25-16(29)11(20)6-10-7-21-9-22-10/h7,9,11-14,26H,2-6,8,20H2,1H3,(H,21,22)(H,23,31)(H,24,30)(H,25,29)(H,27,28)(H,32,33). The molecule has 0 aromatic carbocycles. The quantitative estimate of drug-likeness (QED) is 0.117. The summed E-state index contributed by atoms with van der Waals surface area (Å²) in [6.07, 6.45) is 4.01. The van der Waals surface area contributed by atoms with Gasteiger partial charge in [-0.1, -0.05) is 0 Å². The molecule has 0 fully saturated rings. The molecule has 9 N–H and O–H groups in total. The first-order valence-corrected chi connectivity index (χ1v) is 11.7. The molecule has 34 heavy (non-hydrogen) atoms. The number of hydrogen-bond donors (Lipinski definition) is 8. The molecule has 1 heterocycles. The van der Waals surface area contributed by atoms with Crippen molar-refractivity contribution in [1.82, 2.24) is 25.9 Å². The van der Waals surface area contributed by atoms with Gasteiger partial charge >= 0.3 is 11.9 Å². The Labute approximate surface area is 199 Å². The Bertz CT molecular complexity index is 837. The van der Waals surface area contributed by atoms with Crippen LogP contribution < -0.4 is 21.7 Å². The van der Waals surface area contributed by atoms with E-state index in [0.717, 1.165) is 0 Å². The number of rotatable bonds is 16. The van der Waals surface area contributed by atoms with Crippen LogP contribution in [-0.4, -0.2) is 97.7 Å². The van der Waals surface area contributed by atoms with E-state index in [1.165, 1.54) is 24.3 Å². The lowest BCUT2D eigenvalue weighted by molar-refractivity contribution is -0.143. The van der Waals surface area contributed by atoms with E-state index < -0.39 is 66.9 Å². The molecule has 4 unspecified atom stereocenters. The second-order valence-electron chi connectivity index (χ2n) is 7.31. The Morgan fingerprint density at radius 3 is 2.18 bits per heavy atom. The maximum atomic E-state index is 12.6. The number of aliphatic carboxylic acids is 2. The Morgan fingerprint density at radius 1 is 1.03 bits per heavy atom. The van der Waals surface area contributed by atoms with Crippen LogP contribution in [0.4, 0.5) is 0 Å². The number of nitrogens with zero attached hydrogens (tertiary/aromatic N) is 1. The highest BCUT2D eigenvalue weighted by atomic mass is 32.2. The van der Waals surface area contributed by atoms with Crippen molar-refractivity contribution in [3.63, 3.8) is 0 Å². The van der Waals surface area contributed by atoms with Gasteiger partial charge in [0.2, 0.25) is 17.7 Å². The number of thioether (sulfide) groups is 1. The summed E-state index contributed by atoms with van der Waals surface area (Å²) in [5.41, 5.74) is 6.38. The van der Waals surface area contributed by atoms with Gasteiger partial charge in [0.15, 0.2) is 0 Å². The van der Waals surface area contributed by atoms with Crippen molar-refractivity contribution in [3.8, 4) is 0 Å². The second kappa shape index (κ2) is 14.9. The van der Waals surface area contributed by atoms with Gasteiger partial charge in [-0.3, -0.25) is 19.2 Å². The van der Waals surface area contributed by atoms with Gasteiger partial charge in [-0.15, -0.1) is 0 Å². The fraction of sp³-hybridized carbons (Fsp3) is 0.579. The minimum atomic E-state index is -1.48. The van der Waals surface area contributed by atoms with Gasteiger partial charge in [-0.25, -0.2) is 9.78 Å². The second-order valence-corrected chi connectivity index (χ2v) is 8.29. The molecular weight excluding hydrogens is 472 g/mol. The van der Waals surface area contributed by atoms with E-state index in [9.17, 15) is 34.2 Å². The number of nitrogens with two attached hydrogens (primary N) is 1. The third-order valence-electron chi connectivity index (χ3n) is 4.65. The van der Waals surface area contributed by atoms with Crippen LogP contribution in [0.1, 0.15) is 25.0 Å². The van der Waals surface area contributed by atoms with E-state index in [2.05, 4.69) is 25.9 Å². The van der Waals surface area contributed by atoms with E-state index in [1.807, 2.05) is 0 Å². The van der Waals surface area contributed by atoms with E-state index in [1.54, 1.807) is 6.26 Å². The third kappa shape index (κ3) is 10.2. The van der Waals surface area contributed by atoms with E-state index in [4.69, 9.17) is 10.8 Å². The molecule has 0 spiro atoms. The zero-order valence-electron chi connectivity index (χ0n) is 18.5. The van der Waals surface area contributed by atoms with Crippen molar-refractivity contribution in [3.05, 3.63) is 18.2 Å². The van der Waals surface area contributed by atoms with Gasteiger partial charge in [0, 0.05) is 24.7 Å². The molecule has 0 radical (unpaired) electrons. The van der Waals surface area contributed by atoms with E-state index in [0.29, 0.717) is 11.4 Å². The number of amides is 3. The third-order valence-corrected chi connectivity index (χ3v) is 5.30. The van der Waals surface area contributed by atoms with Crippen molar-refractivity contribution in [2.45, 2.75) is 49.9 Å². The Kier molecular flexibility index (Phi) is 12.6. The SMILES string of the molecule is CSCCC(NC(=O)C(CCC(=O)O)NC(=O)C(CO)NC(=O)C(N)Cc1cnc[nH]1)C(=O)O.